The van der Waals surface area contributed by atoms with Gasteiger partial charge in [0.05, 0.1) is 6.04 Å². The van der Waals surface area contributed by atoms with E-state index in [9.17, 15) is 20.4 Å². The van der Waals surface area contributed by atoms with Crippen molar-refractivity contribution in [1.82, 2.24) is 5.32 Å². The van der Waals surface area contributed by atoms with Crippen LogP contribution in [0.3, 0.4) is 0 Å². The number of aliphatic hydroxyl groups is 3. The largest absolute Gasteiger partial charge is 0.508 e. The van der Waals surface area contributed by atoms with Crippen LogP contribution in [0.2, 0.25) is 0 Å². The molecule has 1 aliphatic carbocycles. The van der Waals surface area contributed by atoms with E-state index in [4.69, 9.17) is 0 Å². The Balaban J connectivity index is 1.99. The second-order valence-electron chi connectivity index (χ2n) is 4.39. The Hall–Kier alpha value is -1.40. The number of hydrogen-bond acceptors (Lipinski definition) is 5. The highest BCUT2D eigenvalue weighted by Crippen LogP contribution is 2.17. The fourth-order valence-corrected chi connectivity index (χ4v) is 1.95. The summed E-state index contributed by atoms with van der Waals surface area (Å²) in [4.78, 5) is 0. The standard InChI is InChI=1S/C13H17NO4/c15-10-4-2-1-3-8(10)7-14-9-5-6-11(16)13(18)12(9)17/h1-6,9,11-18H,7H2/t9-,11-,12+,13+/m0/s1. The SMILES string of the molecule is Oc1ccccc1CN[C@H]1C=C[C@H](O)[C@@H](O)[C@@H]1O. The lowest BCUT2D eigenvalue weighted by molar-refractivity contribution is -0.0567. The molecule has 0 amide bonds. The van der Waals surface area contributed by atoms with E-state index >= 15 is 0 Å². The number of rotatable bonds is 3. The van der Waals surface area contributed by atoms with Gasteiger partial charge in [0.2, 0.25) is 0 Å². The third kappa shape index (κ3) is 2.70. The maximum Gasteiger partial charge on any atom is 0.120 e. The monoisotopic (exact) mass is 251 g/mol. The van der Waals surface area contributed by atoms with Crippen molar-refractivity contribution < 1.29 is 20.4 Å². The molecule has 98 valence electrons. The minimum Gasteiger partial charge on any atom is -0.508 e. The molecule has 0 saturated carbocycles. The minimum atomic E-state index is -1.20. The van der Waals surface area contributed by atoms with Gasteiger partial charge in [-0.05, 0) is 6.07 Å². The molecule has 4 atom stereocenters. The van der Waals surface area contributed by atoms with Crippen LogP contribution in [0.5, 0.6) is 5.75 Å². The van der Waals surface area contributed by atoms with Crippen LogP contribution in [-0.4, -0.2) is 44.8 Å². The normalized spacial score (nSPS) is 31.5. The van der Waals surface area contributed by atoms with Gasteiger partial charge >= 0.3 is 0 Å². The molecule has 5 N–H and O–H groups in total. The molecule has 0 heterocycles. The highest BCUT2D eigenvalue weighted by atomic mass is 16.4. The second kappa shape index (κ2) is 5.49. The van der Waals surface area contributed by atoms with Crippen molar-refractivity contribution in [2.24, 2.45) is 0 Å². The van der Waals surface area contributed by atoms with Gasteiger partial charge in [-0.15, -0.1) is 0 Å². The number of phenols is 1. The maximum atomic E-state index is 9.77. The molecule has 0 unspecified atom stereocenters. The zero-order valence-corrected chi connectivity index (χ0v) is 9.77. The van der Waals surface area contributed by atoms with Gasteiger partial charge in [0.1, 0.15) is 24.1 Å². The number of aromatic hydroxyl groups is 1. The topological polar surface area (TPSA) is 93.0 Å². The second-order valence-corrected chi connectivity index (χ2v) is 4.39. The molecule has 1 aliphatic rings. The average molecular weight is 251 g/mol. The first kappa shape index (κ1) is 13.0. The first-order chi connectivity index (χ1) is 8.59. The van der Waals surface area contributed by atoms with Gasteiger partial charge in [0.15, 0.2) is 0 Å². The van der Waals surface area contributed by atoms with E-state index < -0.39 is 24.4 Å². The third-order valence-corrected chi connectivity index (χ3v) is 3.10. The molecule has 2 rings (SSSR count). The summed E-state index contributed by atoms with van der Waals surface area (Å²) in [5.74, 6) is 0.180. The number of para-hydroxylation sites is 1. The van der Waals surface area contributed by atoms with Crippen LogP contribution < -0.4 is 5.32 Å². The molecule has 0 spiro atoms. The van der Waals surface area contributed by atoms with Gasteiger partial charge < -0.3 is 25.7 Å². The van der Waals surface area contributed by atoms with Crippen LogP contribution in [0.15, 0.2) is 36.4 Å². The fraction of sp³-hybridized carbons (Fsp3) is 0.385. The lowest BCUT2D eigenvalue weighted by Crippen LogP contribution is -2.51. The summed E-state index contributed by atoms with van der Waals surface area (Å²) in [6, 6.07) is 6.44. The van der Waals surface area contributed by atoms with Gasteiger partial charge in [0.25, 0.3) is 0 Å². The van der Waals surface area contributed by atoms with Crippen LogP contribution in [-0.2, 0) is 6.54 Å². The van der Waals surface area contributed by atoms with Crippen LogP contribution in [0, 0.1) is 0 Å². The van der Waals surface area contributed by atoms with E-state index in [-0.39, 0.29) is 5.75 Å². The van der Waals surface area contributed by atoms with Crippen molar-refractivity contribution in [2.75, 3.05) is 0 Å². The summed E-state index contributed by atoms with van der Waals surface area (Å²) in [6.07, 6.45) is -0.252. The summed E-state index contributed by atoms with van der Waals surface area (Å²) in [5.41, 5.74) is 0.707. The van der Waals surface area contributed by atoms with Gasteiger partial charge in [-0.2, -0.15) is 0 Å². The third-order valence-electron chi connectivity index (χ3n) is 3.10. The highest BCUT2D eigenvalue weighted by molar-refractivity contribution is 5.31. The molecule has 1 aromatic rings. The number of hydrogen-bond donors (Lipinski definition) is 5. The minimum absolute atomic E-state index is 0.180. The highest BCUT2D eigenvalue weighted by Gasteiger charge is 2.32. The maximum absolute atomic E-state index is 9.77. The Labute approximate surface area is 105 Å². The van der Waals surface area contributed by atoms with Crippen LogP contribution in [0.4, 0.5) is 0 Å². The number of aliphatic hydroxyl groups excluding tert-OH is 3. The molecular formula is C13H17NO4. The molecule has 1 aromatic carbocycles. The summed E-state index contributed by atoms with van der Waals surface area (Å²) >= 11 is 0. The van der Waals surface area contributed by atoms with E-state index in [0.717, 1.165) is 0 Å². The Morgan fingerprint density at radius 3 is 2.44 bits per heavy atom. The predicted molar refractivity (Wildman–Crippen MR) is 65.9 cm³/mol. The van der Waals surface area contributed by atoms with E-state index in [0.29, 0.717) is 12.1 Å². The van der Waals surface area contributed by atoms with Crippen LogP contribution in [0.1, 0.15) is 5.56 Å². The quantitative estimate of drug-likeness (QED) is 0.467. The summed E-state index contributed by atoms with van der Waals surface area (Å²) in [6.45, 7) is 0.363. The molecule has 5 heteroatoms. The van der Waals surface area contributed by atoms with E-state index in [1.165, 1.54) is 6.08 Å². The number of benzene rings is 1. The Kier molecular flexibility index (Phi) is 3.98. The molecule has 0 radical (unpaired) electrons. The first-order valence-corrected chi connectivity index (χ1v) is 5.82. The number of phenolic OH excluding ortho intramolecular Hbond substituents is 1. The first-order valence-electron chi connectivity index (χ1n) is 5.82. The molecule has 0 aromatic heterocycles. The molecule has 0 saturated heterocycles. The van der Waals surface area contributed by atoms with Gasteiger partial charge in [0, 0.05) is 12.1 Å². The van der Waals surface area contributed by atoms with E-state index in [1.807, 2.05) is 6.07 Å². The summed E-state index contributed by atoms with van der Waals surface area (Å²) < 4.78 is 0. The lowest BCUT2D eigenvalue weighted by atomic mass is 9.94. The van der Waals surface area contributed by atoms with Crippen LogP contribution in [0.25, 0.3) is 0 Å². The molecular weight excluding hydrogens is 234 g/mol. The van der Waals surface area contributed by atoms with Gasteiger partial charge in [-0.1, -0.05) is 30.4 Å². The molecule has 18 heavy (non-hydrogen) atoms. The van der Waals surface area contributed by atoms with Crippen molar-refractivity contribution >= 4 is 0 Å². The average Bonchev–Trinajstić information content (AvgIpc) is 2.37. The predicted octanol–water partition coefficient (Wildman–Crippen LogP) is -0.497. The molecule has 0 aliphatic heterocycles. The van der Waals surface area contributed by atoms with Crippen LogP contribution >= 0.6 is 0 Å². The molecule has 0 fully saturated rings. The van der Waals surface area contributed by atoms with Gasteiger partial charge in [-0.3, -0.25) is 0 Å². The van der Waals surface area contributed by atoms with Crippen molar-refractivity contribution in [1.29, 1.82) is 0 Å². The lowest BCUT2D eigenvalue weighted by Gasteiger charge is -2.31. The van der Waals surface area contributed by atoms with Crippen molar-refractivity contribution in [3.63, 3.8) is 0 Å². The molecule has 0 bridgehead atoms. The Bertz CT molecular complexity index is 435. The smallest absolute Gasteiger partial charge is 0.120 e. The molecule has 5 nitrogen and oxygen atoms in total. The van der Waals surface area contributed by atoms with E-state index in [2.05, 4.69) is 5.32 Å². The van der Waals surface area contributed by atoms with Crippen molar-refractivity contribution in [3.8, 4) is 5.75 Å². The van der Waals surface area contributed by atoms with Crippen molar-refractivity contribution in [3.05, 3.63) is 42.0 Å². The van der Waals surface area contributed by atoms with Crippen molar-refractivity contribution in [2.45, 2.75) is 30.9 Å². The summed E-state index contributed by atoms with van der Waals surface area (Å²) in [5, 5.41) is 41.2. The van der Waals surface area contributed by atoms with E-state index in [1.54, 1.807) is 24.3 Å². The van der Waals surface area contributed by atoms with Gasteiger partial charge in [-0.25, -0.2) is 0 Å². The number of nitrogens with one attached hydrogen (secondary N) is 1. The fourth-order valence-electron chi connectivity index (χ4n) is 1.95. The zero-order chi connectivity index (χ0) is 13.1. The summed E-state index contributed by atoms with van der Waals surface area (Å²) in [7, 11) is 0. The Morgan fingerprint density at radius 2 is 1.72 bits per heavy atom. The zero-order valence-electron chi connectivity index (χ0n) is 9.77. The Morgan fingerprint density at radius 1 is 1.00 bits per heavy atom.